The molecular formula is C15H25N2O. The summed E-state index contributed by atoms with van der Waals surface area (Å²) in [5, 5.41) is 12.6. The van der Waals surface area contributed by atoms with Crippen molar-refractivity contribution in [3.63, 3.8) is 0 Å². The zero-order valence-electron chi connectivity index (χ0n) is 11.4. The minimum atomic E-state index is 0.0566. The Kier molecular flexibility index (Phi) is 6.76. The van der Waals surface area contributed by atoms with E-state index in [1.165, 1.54) is 6.42 Å². The predicted molar refractivity (Wildman–Crippen MR) is 76.4 cm³/mol. The van der Waals surface area contributed by atoms with Gasteiger partial charge in [-0.15, -0.1) is 0 Å². The van der Waals surface area contributed by atoms with Crippen LogP contribution in [0.2, 0.25) is 0 Å². The average molecular weight is 249 g/mol. The number of aromatic hydroxyl groups is 1. The average Bonchev–Trinajstić information content (AvgIpc) is 2.31. The summed E-state index contributed by atoms with van der Waals surface area (Å²) < 4.78 is 0. The Labute approximate surface area is 110 Å². The molecule has 1 radical (unpaired) electrons. The third kappa shape index (κ3) is 6.62. The van der Waals surface area contributed by atoms with Crippen molar-refractivity contribution in [1.29, 1.82) is 0 Å². The van der Waals surface area contributed by atoms with Crippen molar-refractivity contribution in [3.05, 3.63) is 36.2 Å². The molecule has 0 fully saturated rings. The summed E-state index contributed by atoms with van der Waals surface area (Å²) in [5.41, 5.74) is 7.09. The summed E-state index contributed by atoms with van der Waals surface area (Å²) >= 11 is 0. The Hall–Kier alpha value is -1.06. The number of rotatable bonds is 8. The monoisotopic (exact) mass is 249 g/mol. The van der Waals surface area contributed by atoms with E-state index < -0.39 is 0 Å². The van der Waals surface area contributed by atoms with E-state index in [0.29, 0.717) is 0 Å². The molecule has 0 heterocycles. The first-order valence-electron chi connectivity index (χ1n) is 6.68. The molecule has 18 heavy (non-hydrogen) atoms. The molecule has 0 saturated heterocycles. The second-order valence-corrected chi connectivity index (χ2v) is 5.14. The fourth-order valence-electron chi connectivity index (χ4n) is 1.70. The predicted octanol–water partition coefficient (Wildman–Crippen LogP) is 2.30. The fourth-order valence-corrected chi connectivity index (χ4v) is 1.70. The van der Waals surface area contributed by atoms with Gasteiger partial charge in [-0.1, -0.05) is 26.0 Å². The largest absolute Gasteiger partial charge is 0.508 e. The van der Waals surface area contributed by atoms with Gasteiger partial charge in [0.25, 0.3) is 0 Å². The molecule has 3 heteroatoms. The van der Waals surface area contributed by atoms with Crippen molar-refractivity contribution in [3.8, 4) is 5.75 Å². The van der Waals surface area contributed by atoms with E-state index >= 15 is 0 Å². The van der Waals surface area contributed by atoms with Crippen LogP contribution >= 0.6 is 0 Å². The summed E-state index contributed by atoms with van der Waals surface area (Å²) in [6.45, 7) is 6.46. The number of phenols is 1. The molecule has 1 aromatic carbocycles. The highest BCUT2D eigenvalue weighted by Crippen LogP contribution is 2.12. The smallest absolute Gasteiger partial charge is 0.115 e. The molecule has 0 spiro atoms. The molecule has 0 unspecified atom stereocenters. The molecule has 0 aliphatic heterocycles. The molecule has 4 N–H and O–H groups in total. The molecule has 0 aromatic heterocycles. The fraction of sp³-hybridized carbons (Fsp3) is 0.533. The third-order valence-corrected chi connectivity index (χ3v) is 2.85. The summed E-state index contributed by atoms with van der Waals surface area (Å²) in [7, 11) is 0. The van der Waals surface area contributed by atoms with E-state index in [9.17, 15) is 5.11 Å². The van der Waals surface area contributed by atoms with Gasteiger partial charge in [0.15, 0.2) is 0 Å². The molecule has 0 bridgehead atoms. The molecule has 0 aliphatic carbocycles. The van der Waals surface area contributed by atoms with E-state index in [1.807, 2.05) is 18.6 Å². The lowest BCUT2D eigenvalue weighted by molar-refractivity contribution is 0.475. The van der Waals surface area contributed by atoms with Gasteiger partial charge in [0.1, 0.15) is 5.75 Å². The van der Waals surface area contributed by atoms with Gasteiger partial charge in [0.2, 0.25) is 0 Å². The summed E-state index contributed by atoms with van der Waals surface area (Å²) in [5.74, 6) is 1.03. The zero-order valence-corrected chi connectivity index (χ0v) is 11.4. The summed E-state index contributed by atoms with van der Waals surface area (Å²) in [6.07, 6.45) is 4.17. The van der Waals surface area contributed by atoms with Gasteiger partial charge in [-0.3, -0.25) is 0 Å². The number of hydrogen-bond acceptors (Lipinski definition) is 3. The molecule has 0 amide bonds. The van der Waals surface area contributed by atoms with Crippen molar-refractivity contribution < 1.29 is 5.11 Å². The van der Waals surface area contributed by atoms with Crippen LogP contribution in [0.4, 0.5) is 0 Å². The van der Waals surface area contributed by atoms with Crippen molar-refractivity contribution in [2.24, 2.45) is 11.7 Å². The van der Waals surface area contributed by atoms with Crippen LogP contribution in [-0.4, -0.2) is 24.2 Å². The highest BCUT2D eigenvalue weighted by Gasteiger charge is 2.04. The second kappa shape index (κ2) is 8.11. The molecule has 3 nitrogen and oxygen atoms in total. The normalized spacial score (nSPS) is 12.9. The Balaban J connectivity index is 2.13. The third-order valence-electron chi connectivity index (χ3n) is 2.85. The van der Waals surface area contributed by atoms with Crippen LogP contribution < -0.4 is 11.1 Å². The SMILES string of the molecule is CC(C)CCNCC[C@@H](N)[CH]c1ccc(O)cc1. The van der Waals surface area contributed by atoms with E-state index in [2.05, 4.69) is 19.2 Å². The van der Waals surface area contributed by atoms with Crippen molar-refractivity contribution in [2.75, 3.05) is 13.1 Å². The van der Waals surface area contributed by atoms with Crippen LogP contribution in [0.3, 0.4) is 0 Å². The second-order valence-electron chi connectivity index (χ2n) is 5.14. The van der Waals surface area contributed by atoms with E-state index in [0.717, 1.165) is 31.0 Å². The zero-order chi connectivity index (χ0) is 13.4. The molecule has 1 rings (SSSR count). The maximum Gasteiger partial charge on any atom is 0.115 e. The van der Waals surface area contributed by atoms with Gasteiger partial charge in [0, 0.05) is 12.5 Å². The Morgan fingerprint density at radius 2 is 1.78 bits per heavy atom. The minimum Gasteiger partial charge on any atom is -0.508 e. The van der Waals surface area contributed by atoms with E-state index in [-0.39, 0.29) is 11.8 Å². The molecule has 1 atom stereocenters. The number of benzene rings is 1. The minimum absolute atomic E-state index is 0.0566. The quantitative estimate of drug-likeness (QED) is 0.620. The van der Waals surface area contributed by atoms with Crippen molar-refractivity contribution >= 4 is 0 Å². The molecule has 1 aromatic rings. The van der Waals surface area contributed by atoms with Crippen LogP contribution in [0.25, 0.3) is 0 Å². The first-order valence-corrected chi connectivity index (χ1v) is 6.68. The van der Waals surface area contributed by atoms with Gasteiger partial charge < -0.3 is 16.2 Å². The van der Waals surface area contributed by atoms with Crippen molar-refractivity contribution in [1.82, 2.24) is 5.32 Å². The van der Waals surface area contributed by atoms with Gasteiger partial charge in [-0.2, -0.15) is 0 Å². The number of nitrogens with one attached hydrogen (secondary N) is 1. The van der Waals surface area contributed by atoms with E-state index in [1.54, 1.807) is 12.1 Å². The first-order chi connectivity index (χ1) is 8.58. The van der Waals surface area contributed by atoms with Crippen molar-refractivity contribution in [2.45, 2.75) is 32.7 Å². The van der Waals surface area contributed by atoms with Crippen LogP contribution in [0.15, 0.2) is 24.3 Å². The maximum absolute atomic E-state index is 9.18. The number of phenolic OH excluding ortho intramolecular Hbond substituents is 1. The molecular weight excluding hydrogens is 224 g/mol. The van der Waals surface area contributed by atoms with Gasteiger partial charge in [0.05, 0.1) is 0 Å². The van der Waals surface area contributed by atoms with Gasteiger partial charge >= 0.3 is 0 Å². The van der Waals surface area contributed by atoms with Gasteiger partial charge in [-0.25, -0.2) is 0 Å². The number of hydrogen-bond donors (Lipinski definition) is 3. The standard InChI is InChI=1S/C15H25N2O/c1-12(2)7-9-17-10-8-14(16)11-13-3-5-15(18)6-4-13/h3-6,11-12,14,17-18H,7-10,16H2,1-2H3/t14-/m1/s1. The van der Waals surface area contributed by atoms with E-state index in [4.69, 9.17) is 5.73 Å². The highest BCUT2D eigenvalue weighted by molar-refractivity contribution is 5.31. The summed E-state index contributed by atoms with van der Waals surface area (Å²) in [6, 6.07) is 7.17. The lowest BCUT2D eigenvalue weighted by atomic mass is 10.0. The molecule has 101 valence electrons. The van der Waals surface area contributed by atoms with Crippen LogP contribution in [0.1, 0.15) is 32.3 Å². The Morgan fingerprint density at radius 3 is 2.39 bits per heavy atom. The van der Waals surface area contributed by atoms with Gasteiger partial charge in [-0.05, 0) is 49.5 Å². The van der Waals surface area contributed by atoms with Crippen LogP contribution in [0, 0.1) is 12.3 Å². The molecule has 0 saturated carbocycles. The summed E-state index contributed by atoms with van der Waals surface area (Å²) in [4.78, 5) is 0. The first kappa shape index (κ1) is 15.0. The Morgan fingerprint density at radius 1 is 1.17 bits per heavy atom. The molecule has 0 aliphatic rings. The number of nitrogens with two attached hydrogens (primary N) is 1. The lowest BCUT2D eigenvalue weighted by Gasteiger charge is -2.12. The topological polar surface area (TPSA) is 58.3 Å². The van der Waals surface area contributed by atoms with Crippen LogP contribution in [0.5, 0.6) is 5.75 Å². The lowest BCUT2D eigenvalue weighted by Crippen LogP contribution is -2.28. The Bertz CT molecular complexity index is 322. The van der Waals surface area contributed by atoms with Crippen LogP contribution in [-0.2, 0) is 0 Å². The highest BCUT2D eigenvalue weighted by atomic mass is 16.3. The maximum atomic E-state index is 9.18.